The average molecular weight is 611 g/mol. The molecule has 0 radical (unpaired) electrons. The molecule has 7 nitrogen and oxygen atoms in total. The summed E-state index contributed by atoms with van der Waals surface area (Å²) in [5.74, 6) is -0.349. The highest BCUT2D eigenvalue weighted by Gasteiger charge is 2.14. The molecule has 0 atom stereocenters. The van der Waals surface area contributed by atoms with Crippen molar-refractivity contribution < 1.29 is 29.3 Å². The number of fused-ring (bicyclic) bond motifs is 1. The van der Waals surface area contributed by atoms with Crippen LogP contribution in [0, 0.1) is 6.92 Å². The highest BCUT2D eigenvalue weighted by Crippen LogP contribution is 2.32. The van der Waals surface area contributed by atoms with Crippen LogP contribution in [0.3, 0.4) is 0 Å². The van der Waals surface area contributed by atoms with Crippen molar-refractivity contribution in [3.05, 3.63) is 93.1 Å². The van der Waals surface area contributed by atoms with Gasteiger partial charge >= 0.3 is 11.9 Å². The molecule has 1 aromatic heterocycles. The molecule has 0 aliphatic rings. The number of benzene rings is 3. The van der Waals surface area contributed by atoms with E-state index in [9.17, 15) is 14.7 Å². The Morgan fingerprint density at radius 1 is 0.905 bits per heavy atom. The smallest absolute Gasteiger partial charge is 0.323 e. The predicted octanol–water partition coefficient (Wildman–Crippen LogP) is 8.16. The summed E-state index contributed by atoms with van der Waals surface area (Å²) in [6, 6.07) is 17.1. The largest absolute Gasteiger partial charge is 0.494 e. The van der Waals surface area contributed by atoms with Crippen LogP contribution in [0.4, 0.5) is 0 Å². The van der Waals surface area contributed by atoms with Crippen molar-refractivity contribution in [1.82, 2.24) is 4.57 Å². The molecule has 0 amide bonds. The molecule has 1 heterocycles. The lowest BCUT2D eigenvalue weighted by Crippen LogP contribution is -2.07. The zero-order chi connectivity index (χ0) is 30.1. The molecule has 0 bridgehead atoms. The molecule has 3 aromatic carbocycles. The molecular formula is C33H33Cl2NO6. The van der Waals surface area contributed by atoms with E-state index >= 15 is 0 Å². The van der Waals surface area contributed by atoms with Crippen molar-refractivity contribution in [2.24, 2.45) is 0 Å². The fraction of sp³-hybridized carbons (Fsp3) is 0.273. The Morgan fingerprint density at radius 2 is 1.64 bits per heavy atom. The number of aliphatic carboxylic acids is 2. The van der Waals surface area contributed by atoms with Crippen molar-refractivity contribution in [1.29, 1.82) is 0 Å². The van der Waals surface area contributed by atoms with E-state index in [1.807, 2.05) is 73.8 Å². The summed E-state index contributed by atoms with van der Waals surface area (Å²) in [6.07, 6.45) is 8.52. The van der Waals surface area contributed by atoms with E-state index in [0.29, 0.717) is 41.9 Å². The maximum atomic E-state index is 11.5. The van der Waals surface area contributed by atoms with Crippen molar-refractivity contribution in [3.63, 3.8) is 0 Å². The third-order valence-corrected chi connectivity index (χ3v) is 7.24. The summed E-state index contributed by atoms with van der Waals surface area (Å²) in [5.41, 5.74) is 4.52. The summed E-state index contributed by atoms with van der Waals surface area (Å²) in [4.78, 5) is 22.5. The topological polar surface area (TPSA) is 98.0 Å². The zero-order valence-electron chi connectivity index (χ0n) is 23.3. The summed E-state index contributed by atoms with van der Waals surface area (Å²) >= 11 is 12.2. The number of carbonyl (C=O) groups is 2. The summed E-state index contributed by atoms with van der Waals surface area (Å²) in [5, 5.41) is 20.5. The number of para-hydroxylation sites is 1. The van der Waals surface area contributed by atoms with E-state index in [-0.39, 0.29) is 13.0 Å². The molecule has 2 N–H and O–H groups in total. The SMILES string of the molecule is Cc1cc(Cl)cc(Cl)c1OCCCCOc1ccc(C=Cc2cccc3c(CCCC(=O)O)cn(CC(=O)O)c23)cc1. The molecule has 4 rings (SSSR count). The Balaban J connectivity index is 1.33. The second-order valence-corrected chi connectivity index (χ2v) is 10.9. The second kappa shape index (κ2) is 14.8. The van der Waals surface area contributed by atoms with Gasteiger partial charge in [0.1, 0.15) is 18.0 Å². The predicted molar refractivity (Wildman–Crippen MR) is 167 cm³/mol. The van der Waals surface area contributed by atoms with Gasteiger partial charge in [0.2, 0.25) is 0 Å². The van der Waals surface area contributed by atoms with Crippen LogP contribution >= 0.6 is 23.2 Å². The number of carboxylic acids is 2. The number of aryl methyl sites for hydroxylation is 2. The van der Waals surface area contributed by atoms with Gasteiger partial charge in [0, 0.05) is 23.0 Å². The van der Waals surface area contributed by atoms with Crippen molar-refractivity contribution in [2.75, 3.05) is 13.2 Å². The third-order valence-electron chi connectivity index (χ3n) is 6.74. The number of ether oxygens (including phenoxy) is 2. The Labute approximate surface area is 254 Å². The Hall–Kier alpha value is -3.94. The van der Waals surface area contributed by atoms with Crippen LogP contribution in [0.5, 0.6) is 11.5 Å². The minimum atomic E-state index is -0.938. The molecule has 0 aliphatic heterocycles. The first-order valence-corrected chi connectivity index (χ1v) is 14.5. The van der Waals surface area contributed by atoms with Gasteiger partial charge in [-0.05, 0) is 79.1 Å². The number of halogens is 2. The molecule has 220 valence electrons. The number of hydrogen-bond donors (Lipinski definition) is 2. The van der Waals surface area contributed by atoms with Crippen LogP contribution in [0.2, 0.25) is 10.0 Å². The molecule has 0 fully saturated rings. The van der Waals surface area contributed by atoms with Gasteiger partial charge in [-0.25, -0.2) is 0 Å². The highest BCUT2D eigenvalue weighted by atomic mass is 35.5. The van der Waals surface area contributed by atoms with Gasteiger partial charge in [0.05, 0.1) is 23.8 Å². The maximum absolute atomic E-state index is 11.5. The molecule has 0 saturated heterocycles. The summed E-state index contributed by atoms with van der Waals surface area (Å²) < 4.78 is 13.4. The number of nitrogens with zero attached hydrogens (tertiary/aromatic N) is 1. The van der Waals surface area contributed by atoms with E-state index in [1.54, 1.807) is 10.6 Å². The minimum Gasteiger partial charge on any atom is -0.494 e. The standard InChI is InChI=1S/C33H33Cl2NO6/c1-22-18-26(34)19-29(35)33(22)42-17-3-2-16-41-27-14-11-23(12-15-27)10-13-24-6-4-8-28-25(7-5-9-30(37)38)20-36(32(24)28)21-31(39)40/h4,6,8,10-15,18-20H,2-3,5,7,9,16-17,21H2,1H3,(H,37,38)(H,39,40). The van der Waals surface area contributed by atoms with Crippen LogP contribution in [0.15, 0.2) is 60.8 Å². The average Bonchev–Trinajstić information content (AvgIpc) is 3.28. The van der Waals surface area contributed by atoms with Crippen LogP contribution in [0.1, 0.15) is 47.9 Å². The zero-order valence-corrected chi connectivity index (χ0v) is 24.8. The summed E-state index contributed by atoms with van der Waals surface area (Å²) in [7, 11) is 0. The normalized spacial score (nSPS) is 11.3. The van der Waals surface area contributed by atoms with Gasteiger partial charge in [0.15, 0.2) is 0 Å². The Kier molecular flexibility index (Phi) is 10.9. The first-order chi connectivity index (χ1) is 20.2. The maximum Gasteiger partial charge on any atom is 0.323 e. The van der Waals surface area contributed by atoms with Gasteiger partial charge in [-0.1, -0.05) is 65.7 Å². The molecule has 0 unspecified atom stereocenters. The highest BCUT2D eigenvalue weighted by molar-refractivity contribution is 6.35. The molecule has 4 aromatic rings. The first-order valence-electron chi connectivity index (χ1n) is 13.7. The van der Waals surface area contributed by atoms with Gasteiger partial charge in [-0.3, -0.25) is 9.59 Å². The van der Waals surface area contributed by atoms with E-state index in [2.05, 4.69) is 0 Å². The Bertz CT molecular complexity index is 1550. The fourth-order valence-corrected chi connectivity index (χ4v) is 5.45. The van der Waals surface area contributed by atoms with E-state index in [0.717, 1.165) is 51.7 Å². The number of carboxylic acid groups (broad SMARTS) is 2. The molecule has 0 aliphatic carbocycles. The second-order valence-electron chi connectivity index (χ2n) is 10.0. The van der Waals surface area contributed by atoms with Gasteiger partial charge < -0.3 is 24.3 Å². The van der Waals surface area contributed by atoms with E-state index < -0.39 is 11.9 Å². The van der Waals surface area contributed by atoms with Crippen molar-refractivity contribution in [3.8, 4) is 11.5 Å². The van der Waals surface area contributed by atoms with Crippen molar-refractivity contribution >= 4 is 58.2 Å². The lowest BCUT2D eigenvalue weighted by atomic mass is 10.0. The van der Waals surface area contributed by atoms with E-state index in [1.165, 1.54) is 0 Å². The number of unbranched alkanes of at least 4 members (excludes halogenated alkanes) is 1. The van der Waals surface area contributed by atoms with E-state index in [4.69, 9.17) is 37.8 Å². The molecule has 0 saturated carbocycles. The Morgan fingerprint density at radius 3 is 2.33 bits per heavy atom. The lowest BCUT2D eigenvalue weighted by Gasteiger charge is -2.11. The number of hydrogen-bond acceptors (Lipinski definition) is 4. The first kappa shape index (κ1) is 31.0. The molecule has 0 spiro atoms. The number of aromatic nitrogens is 1. The van der Waals surface area contributed by atoms with Crippen LogP contribution < -0.4 is 9.47 Å². The molecule has 9 heteroatoms. The quantitative estimate of drug-likeness (QED) is 0.104. The monoisotopic (exact) mass is 609 g/mol. The fourth-order valence-electron chi connectivity index (χ4n) is 4.80. The molecule has 42 heavy (non-hydrogen) atoms. The number of rotatable bonds is 15. The summed E-state index contributed by atoms with van der Waals surface area (Å²) in [6.45, 7) is 2.83. The van der Waals surface area contributed by atoms with Crippen LogP contribution in [0.25, 0.3) is 23.1 Å². The van der Waals surface area contributed by atoms with Gasteiger partial charge in [-0.15, -0.1) is 0 Å². The third kappa shape index (κ3) is 8.54. The van der Waals surface area contributed by atoms with Crippen LogP contribution in [-0.2, 0) is 22.6 Å². The van der Waals surface area contributed by atoms with Gasteiger partial charge in [-0.2, -0.15) is 0 Å². The minimum absolute atomic E-state index is 0.0681. The van der Waals surface area contributed by atoms with Crippen LogP contribution in [-0.4, -0.2) is 39.9 Å². The van der Waals surface area contributed by atoms with Crippen molar-refractivity contribution in [2.45, 2.75) is 45.6 Å². The van der Waals surface area contributed by atoms with Gasteiger partial charge in [0.25, 0.3) is 0 Å². The molecular weight excluding hydrogens is 577 g/mol. The lowest BCUT2D eigenvalue weighted by molar-refractivity contribution is -0.138.